The van der Waals surface area contributed by atoms with E-state index in [2.05, 4.69) is 31.2 Å². The summed E-state index contributed by atoms with van der Waals surface area (Å²) < 4.78 is 22.8. The zero-order valence-electron chi connectivity index (χ0n) is 13.3. The predicted octanol–water partition coefficient (Wildman–Crippen LogP) is 4.15. The van der Waals surface area contributed by atoms with Crippen molar-refractivity contribution in [2.45, 2.75) is 35.7 Å². The van der Waals surface area contributed by atoms with Crippen LogP contribution in [-0.2, 0) is 15.1 Å². The molecule has 0 spiro atoms. The lowest BCUT2D eigenvalue weighted by Crippen LogP contribution is -2.31. The Hall–Kier alpha value is -1.69. The van der Waals surface area contributed by atoms with Gasteiger partial charge in [-0.05, 0) is 26.0 Å². The second-order valence-electron chi connectivity index (χ2n) is 5.59. The van der Waals surface area contributed by atoms with Gasteiger partial charge >= 0.3 is 6.48 Å². The highest BCUT2D eigenvalue weighted by Gasteiger charge is 2.41. The quantitative estimate of drug-likeness (QED) is 0.845. The van der Waals surface area contributed by atoms with Crippen LogP contribution in [0.1, 0.15) is 25.0 Å². The van der Waals surface area contributed by atoms with E-state index in [1.54, 1.807) is 18.9 Å². The third kappa shape index (κ3) is 2.15. The van der Waals surface area contributed by atoms with Gasteiger partial charge in [0.1, 0.15) is 5.60 Å². The zero-order chi connectivity index (χ0) is 16.0. The fourth-order valence-corrected chi connectivity index (χ4v) is 4.55. The predicted molar refractivity (Wildman–Crippen MR) is 87.1 cm³/mol. The first kappa shape index (κ1) is 14.9. The van der Waals surface area contributed by atoms with Gasteiger partial charge in [-0.2, -0.15) is 0 Å². The van der Waals surface area contributed by atoms with E-state index in [4.69, 9.17) is 18.9 Å². The van der Waals surface area contributed by atoms with Crippen molar-refractivity contribution in [1.29, 1.82) is 0 Å². The Balaban J connectivity index is 1.90. The van der Waals surface area contributed by atoms with Crippen LogP contribution >= 0.6 is 11.8 Å². The van der Waals surface area contributed by atoms with Gasteiger partial charge in [0, 0.05) is 29.7 Å². The molecule has 0 aromatic heterocycles. The lowest BCUT2D eigenvalue weighted by molar-refractivity contribution is -0.158. The summed E-state index contributed by atoms with van der Waals surface area (Å²) in [6.45, 7) is 4.07. The van der Waals surface area contributed by atoms with Gasteiger partial charge in [0.25, 0.3) is 0 Å². The molecule has 0 radical (unpaired) electrons. The van der Waals surface area contributed by atoms with Gasteiger partial charge in [0.05, 0.1) is 4.90 Å². The first-order valence-electron chi connectivity index (χ1n) is 7.62. The molecule has 0 aliphatic carbocycles. The van der Waals surface area contributed by atoms with Gasteiger partial charge in [0.2, 0.25) is 0 Å². The fourth-order valence-electron chi connectivity index (χ4n) is 3.20. The lowest BCUT2D eigenvalue weighted by atomic mass is 9.87. The zero-order valence-corrected chi connectivity index (χ0v) is 14.1. The van der Waals surface area contributed by atoms with E-state index < -0.39 is 12.1 Å². The van der Waals surface area contributed by atoms with Gasteiger partial charge < -0.3 is 18.9 Å². The van der Waals surface area contributed by atoms with Crippen molar-refractivity contribution in [3.05, 3.63) is 47.5 Å². The molecule has 0 bridgehead atoms. The summed E-state index contributed by atoms with van der Waals surface area (Å²) in [5, 5.41) is 0. The van der Waals surface area contributed by atoms with E-state index in [1.165, 1.54) is 10.5 Å². The minimum atomic E-state index is -0.687. The first-order valence-corrected chi connectivity index (χ1v) is 8.44. The number of fused-ring (bicyclic) bond motifs is 4. The molecule has 5 heteroatoms. The average Bonchev–Trinajstić information content (AvgIpc) is 2.99. The molecule has 120 valence electrons. The maximum absolute atomic E-state index is 6.20. The molecule has 0 fully saturated rings. The standard InChI is InChI=1S/C18H18O4S/c1-4-20-18(2)11-7-5-6-8-14(11)23-16-12(18)9-10-13-15(16)22-17(19-3)21-13/h5-10,17H,4H2,1-3H3. The van der Waals surface area contributed by atoms with Crippen LogP contribution in [0.4, 0.5) is 0 Å². The van der Waals surface area contributed by atoms with Crippen molar-refractivity contribution in [3.8, 4) is 11.5 Å². The van der Waals surface area contributed by atoms with Gasteiger partial charge in [-0.15, -0.1) is 0 Å². The largest absolute Gasteiger partial charge is 0.428 e. The highest BCUT2D eigenvalue weighted by Crippen LogP contribution is 2.56. The smallest absolute Gasteiger partial charge is 0.360 e. The molecule has 2 aliphatic rings. The summed E-state index contributed by atoms with van der Waals surface area (Å²) in [4.78, 5) is 2.21. The minimum Gasteiger partial charge on any atom is -0.428 e. The third-order valence-electron chi connectivity index (χ3n) is 4.27. The van der Waals surface area contributed by atoms with Crippen LogP contribution in [0.3, 0.4) is 0 Å². The number of benzene rings is 2. The van der Waals surface area contributed by atoms with Gasteiger partial charge in [0.15, 0.2) is 11.5 Å². The van der Waals surface area contributed by atoms with E-state index in [9.17, 15) is 0 Å². The van der Waals surface area contributed by atoms with Gasteiger partial charge in [-0.3, -0.25) is 0 Å². The SMILES string of the molecule is CCOC1(C)c2ccccc2Sc2c1ccc1c2OC(OC)O1. The monoisotopic (exact) mass is 330 g/mol. The van der Waals surface area contributed by atoms with Crippen LogP contribution in [0, 0.1) is 0 Å². The second kappa shape index (κ2) is 5.44. The molecular weight excluding hydrogens is 312 g/mol. The van der Waals surface area contributed by atoms with Gasteiger partial charge in [-0.1, -0.05) is 36.0 Å². The molecule has 2 aromatic rings. The highest BCUT2D eigenvalue weighted by molar-refractivity contribution is 7.99. The molecule has 2 aliphatic heterocycles. The Kier molecular flexibility index (Phi) is 3.52. The maximum atomic E-state index is 6.20. The van der Waals surface area contributed by atoms with Crippen LogP contribution in [0.15, 0.2) is 46.2 Å². The molecule has 0 saturated carbocycles. The molecule has 0 N–H and O–H groups in total. The van der Waals surface area contributed by atoms with Crippen LogP contribution < -0.4 is 9.47 Å². The molecule has 2 atom stereocenters. The molecule has 0 amide bonds. The molecule has 23 heavy (non-hydrogen) atoms. The third-order valence-corrected chi connectivity index (χ3v) is 5.45. The minimum absolute atomic E-state index is 0.504. The summed E-state index contributed by atoms with van der Waals surface area (Å²) in [6, 6.07) is 12.3. The normalized spacial score (nSPS) is 24.2. The second-order valence-corrected chi connectivity index (χ2v) is 6.65. The number of ether oxygens (including phenoxy) is 4. The van der Waals surface area contributed by atoms with Crippen molar-refractivity contribution in [3.63, 3.8) is 0 Å². The Morgan fingerprint density at radius 3 is 2.74 bits per heavy atom. The Bertz CT molecular complexity index is 761. The van der Waals surface area contributed by atoms with Crippen LogP contribution in [0.25, 0.3) is 0 Å². The van der Waals surface area contributed by atoms with Crippen molar-refractivity contribution in [1.82, 2.24) is 0 Å². The molecule has 2 heterocycles. The molecule has 4 rings (SSSR count). The van der Waals surface area contributed by atoms with E-state index in [0.717, 1.165) is 16.2 Å². The summed E-state index contributed by atoms with van der Waals surface area (Å²) in [5.74, 6) is 1.45. The van der Waals surface area contributed by atoms with Crippen molar-refractivity contribution in [2.75, 3.05) is 13.7 Å². The van der Waals surface area contributed by atoms with E-state index in [-0.39, 0.29) is 0 Å². The summed E-state index contributed by atoms with van der Waals surface area (Å²) in [6.07, 6.45) is 0. The average molecular weight is 330 g/mol. The van der Waals surface area contributed by atoms with Crippen LogP contribution in [0.5, 0.6) is 11.5 Å². The number of rotatable bonds is 3. The molecule has 0 saturated heterocycles. The topological polar surface area (TPSA) is 36.9 Å². The van der Waals surface area contributed by atoms with Gasteiger partial charge in [-0.25, -0.2) is 0 Å². The summed E-state index contributed by atoms with van der Waals surface area (Å²) in [7, 11) is 1.57. The molecule has 4 nitrogen and oxygen atoms in total. The Morgan fingerprint density at radius 1 is 1.13 bits per heavy atom. The molecule has 2 unspecified atom stereocenters. The number of hydrogen-bond acceptors (Lipinski definition) is 5. The van der Waals surface area contributed by atoms with Crippen LogP contribution in [-0.4, -0.2) is 20.2 Å². The first-order chi connectivity index (χ1) is 11.2. The van der Waals surface area contributed by atoms with Crippen molar-refractivity contribution in [2.24, 2.45) is 0 Å². The maximum Gasteiger partial charge on any atom is 0.360 e. The van der Waals surface area contributed by atoms with Crippen molar-refractivity contribution < 1.29 is 18.9 Å². The summed E-state index contributed by atoms with van der Waals surface area (Å²) in [5.41, 5.74) is 1.78. The van der Waals surface area contributed by atoms with E-state index in [0.29, 0.717) is 12.4 Å². The number of methoxy groups -OCH3 is 1. The van der Waals surface area contributed by atoms with Crippen LogP contribution in [0.2, 0.25) is 0 Å². The van der Waals surface area contributed by atoms with E-state index >= 15 is 0 Å². The van der Waals surface area contributed by atoms with Crippen molar-refractivity contribution >= 4 is 11.8 Å². The summed E-state index contributed by atoms with van der Waals surface area (Å²) >= 11 is 1.69. The Morgan fingerprint density at radius 2 is 1.96 bits per heavy atom. The molecule has 2 aromatic carbocycles. The fraction of sp³-hybridized carbons (Fsp3) is 0.333. The lowest BCUT2D eigenvalue weighted by Gasteiger charge is -2.37. The molecular formula is C18H18O4S. The Labute approximate surface area is 139 Å². The highest BCUT2D eigenvalue weighted by atomic mass is 32.2. The van der Waals surface area contributed by atoms with E-state index in [1.807, 2.05) is 19.1 Å². The number of hydrogen-bond donors (Lipinski definition) is 0.